The van der Waals surface area contributed by atoms with Crippen LogP contribution in [0.2, 0.25) is 0 Å². The Kier molecular flexibility index (Phi) is 37.2. The number of ether oxygens (including phenoxy) is 6. The lowest BCUT2D eigenvalue weighted by atomic mass is 9.98. The van der Waals surface area contributed by atoms with Crippen LogP contribution in [-0.2, 0) is 38.0 Å². The Labute approximate surface area is 428 Å². The van der Waals surface area contributed by atoms with Gasteiger partial charge in [-0.05, 0) is 77.0 Å². The molecule has 15 heteroatoms. The average Bonchev–Trinajstić information content (AvgIpc) is 3.37. The minimum Gasteiger partial charge on any atom is -0.462 e. The van der Waals surface area contributed by atoms with E-state index in [1.807, 2.05) is 54.7 Å². The number of allylic oxidation sites excluding steroid dienone is 22. The molecule has 2 heterocycles. The topological polar surface area (TPSA) is 231 Å². The molecule has 72 heavy (non-hydrogen) atoms. The highest BCUT2D eigenvalue weighted by molar-refractivity contribution is 5.70. The minimum atomic E-state index is -1.79. The molecule has 0 aromatic carbocycles. The third-order valence-electron chi connectivity index (χ3n) is 11.3. The Morgan fingerprint density at radius 2 is 0.917 bits per heavy atom. The predicted octanol–water partition coefficient (Wildman–Crippen LogP) is 7.48. The van der Waals surface area contributed by atoms with Crippen molar-refractivity contribution in [2.45, 2.75) is 184 Å². The van der Waals surface area contributed by atoms with Crippen LogP contribution < -0.4 is 0 Å². The fraction of sp³-hybridized carbons (Fsp3) is 0.579. The SMILES string of the molecule is CC/C=C/C=C/C=C/C=C/C=C/CCCC(=O)OC(COC(=O)CCCCCC/C=C/C/C=C/C/C=C/C/C=C/C/C=C/C/C=C/CC)CO[C@@H]1O[C@H](CO[C@@H]2O[C@H](CO)[C@H](O)C(O)C2O)[C@H](O)C(O)C1O. The van der Waals surface area contributed by atoms with Gasteiger partial charge in [-0.1, -0.05) is 160 Å². The number of esters is 2. The summed E-state index contributed by atoms with van der Waals surface area (Å²) in [6.45, 7) is 2.18. The van der Waals surface area contributed by atoms with Crippen LogP contribution in [0.4, 0.5) is 0 Å². The van der Waals surface area contributed by atoms with Crippen LogP contribution in [0.5, 0.6) is 0 Å². The van der Waals surface area contributed by atoms with E-state index in [9.17, 15) is 45.3 Å². The Bertz CT molecular complexity index is 1760. The van der Waals surface area contributed by atoms with E-state index in [2.05, 4.69) is 92.8 Å². The summed E-state index contributed by atoms with van der Waals surface area (Å²) in [6, 6.07) is 0. The number of unbranched alkanes of at least 4 members (excludes halogenated alkanes) is 5. The van der Waals surface area contributed by atoms with Crippen molar-refractivity contribution < 1.29 is 73.8 Å². The van der Waals surface area contributed by atoms with Crippen LogP contribution in [0.3, 0.4) is 0 Å². The highest BCUT2D eigenvalue weighted by atomic mass is 16.7. The van der Waals surface area contributed by atoms with Gasteiger partial charge in [0.05, 0.1) is 19.8 Å². The van der Waals surface area contributed by atoms with Gasteiger partial charge in [-0.25, -0.2) is 0 Å². The first kappa shape index (κ1) is 63.8. The summed E-state index contributed by atoms with van der Waals surface area (Å²) in [5, 5.41) is 72.1. The summed E-state index contributed by atoms with van der Waals surface area (Å²) < 4.78 is 33.4. The van der Waals surface area contributed by atoms with E-state index in [0.717, 1.165) is 70.6 Å². The quantitative estimate of drug-likeness (QED) is 0.0138. The smallest absolute Gasteiger partial charge is 0.306 e. The average molecular weight is 1010 g/mol. The van der Waals surface area contributed by atoms with Crippen LogP contribution >= 0.6 is 0 Å². The second-order valence-corrected chi connectivity index (χ2v) is 17.4. The zero-order valence-electron chi connectivity index (χ0n) is 42.6. The lowest BCUT2D eigenvalue weighted by Gasteiger charge is -2.42. The van der Waals surface area contributed by atoms with Gasteiger partial charge in [0.25, 0.3) is 0 Å². The third kappa shape index (κ3) is 29.4. The number of hydrogen-bond acceptors (Lipinski definition) is 15. The number of aliphatic hydroxyl groups is 7. The van der Waals surface area contributed by atoms with Crippen LogP contribution in [0.1, 0.15) is 117 Å². The molecule has 2 saturated heterocycles. The molecule has 404 valence electrons. The molecule has 2 aliphatic rings. The van der Waals surface area contributed by atoms with Crippen molar-refractivity contribution in [3.63, 3.8) is 0 Å². The normalized spacial score (nSPS) is 26.1. The molecule has 15 nitrogen and oxygen atoms in total. The van der Waals surface area contributed by atoms with Crippen molar-refractivity contribution in [3.05, 3.63) is 134 Å². The number of carbonyl (C=O) groups excluding carboxylic acids is 2. The highest BCUT2D eigenvalue weighted by Gasteiger charge is 2.47. The van der Waals surface area contributed by atoms with Crippen molar-refractivity contribution in [1.82, 2.24) is 0 Å². The van der Waals surface area contributed by atoms with E-state index >= 15 is 0 Å². The molecule has 7 N–H and O–H groups in total. The van der Waals surface area contributed by atoms with E-state index in [1.165, 1.54) is 0 Å². The highest BCUT2D eigenvalue weighted by Crippen LogP contribution is 2.26. The van der Waals surface area contributed by atoms with Crippen LogP contribution in [0.15, 0.2) is 134 Å². The number of carbonyl (C=O) groups is 2. The van der Waals surface area contributed by atoms with E-state index in [1.54, 1.807) is 0 Å². The van der Waals surface area contributed by atoms with Gasteiger partial charge in [-0.15, -0.1) is 0 Å². The molecule has 0 aromatic heterocycles. The Morgan fingerprint density at radius 3 is 1.49 bits per heavy atom. The van der Waals surface area contributed by atoms with Crippen molar-refractivity contribution >= 4 is 11.9 Å². The van der Waals surface area contributed by atoms with Crippen LogP contribution in [0.25, 0.3) is 0 Å². The van der Waals surface area contributed by atoms with Gasteiger partial charge < -0.3 is 64.2 Å². The Morgan fingerprint density at radius 1 is 0.458 bits per heavy atom. The van der Waals surface area contributed by atoms with Gasteiger partial charge in [0.15, 0.2) is 18.7 Å². The molecule has 0 radical (unpaired) electrons. The van der Waals surface area contributed by atoms with E-state index in [-0.39, 0.29) is 19.4 Å². The molecular formula is C57H86O15. The third-order valence-corrected chi connectivity index (χ3v) is 11.3. The molecular weight excluding hydrogens is 925 g/mol. The molecule has 2 fully saturated rings. The second-order valence-electron chi connectivity index (χ2n) is 17.4. The zero-order chi connectivity index (χ0) is 52.4. The standard InChI is InChI=1S/C57H86O15/c1-3-5-7-9-11-13-15-17-18-19-20-21-22-23-24-25-26-28-29-31-33-35-37-39-48(59)67-42-45(70-49(60)40-38-36-34-32-30-27-16-14-12-10-8-6-4-2)43-68-56-55(66)53(64)51(62)47(72-56)44-69-57-54(65)52(63)50(61)46(41-58)71-57/h5-8,10-14,16-18,20-21,23-24,26-28,30,32,34,45-47,50-58,61-66H,3-4,9,15,19,22,25,29,31,33,35-44H2,1-2H3/b7-5+,8-6+,12-10+,13-11+,16-14+,18-17+,21-20+,24-23+,28-26+,30-27+,34-32+/t45?,46-,47-,50+,51+,52?,53?,54?,55?,56-,57-/m1/s1. The number of rotatable bonds is 37. The maximum Gasteiger partial charge on any atom is 0.306 e. The summed E-state index contributed by atoms with van der Waals surface area (Å²) in [4.78, 5) is 25.7. The molecule has 0 saturated carbocycles. The van der Waals surface area contributed by atoms with Crippen molar-refractivity contribution in [3.8, 4) is 0 Å². The summed E-state index contributed by atoms with van der Waals surface area (Å²) in [5.74, 6) is -1.06. The molecule has 5 unspecified atom stereocenters. The van der Waals surface area contributed by atoms with Gasteiger partial charge >= 0.3 is 11.9 Å². The first-order chi connectivity index (χ1) is 35.0. The van der Waals surface area contributed by atoms with Crippen molar-refractivity contribution in [1.29, 1.82) is 0 Å². The number of hydrogen-bond donors (Lipinski definition) is 7. The monoisotopic (exact) mass is 1010 g/mol. The summed E-state index contributed by atoms with van der Waals surface area (Å²) in [7, 11) is 0. The maximum atomic E-state index is 13.0. The number of aliphatic hydroxyl groups excluding tert-OH is 7. The summed E-state index contributed by atoms with van der Waals surface area (Å²) >= 11 is 0. The molecule has 0 spiro atoms. The largest absolute Gasteiger partial charge is 0.462 e. The lowest BCUT2D eigenvalue weighted by molar-refractivity contribution is -0.332. The molecule has 0 aliphatic carbocycles. The van der Waals surface area contributed by atoms with Gasteiger partial charge in [0.1, 0.15) is 55.4 Å². The minimum absolute atomic E-state index is 0.0534. The Hall–Kier alpha value is -4.36. The summed E-state index contributed by atoms with van der Waals surface area (Å²) in [5.41, 5.74) is 0. The molecule has 0 amide bonds. The predicted molar refractivity (Wildman–Crippen MR) is 279 cm³/mol. The lowest BCUT2D eigenvalue weighted by Crippen LogP contribution is -2.61. The Balaban J connectivity index is 1.82. The first-order valence-corrected chi connectivity index (χ1v) is 25.8. The van der Waals surface area contributed by atoms with Gasteiger partial charge in [-0.2, -0.15) is 0 Å². The van der Waals surface area contributed by atoms with Gasteiger partial charge in [0.2, 0.25) is 0 Å². The second kappa shape index (κ2) is 42.0. The van der Waals surface area contributed by atoms with Crippen molar-refractivity contribution in [2.24, 2.45) is 0 Å². The van der Waals surface area contributed by atoms with Gasteiger partial charge in [0, 0.05) is 12.8 Å². The molecule has 0 bridgehead atoms. The molecule has 2 aliphatic heterocycles. The van der Waals surface area contributed by atoms with Crippen LogP contribution in [-0.4, -0.2) is 142 Å². The van der Waals surface area contributed by atoms with E-state index < -0.39 is 99.3 Å². The fourth-order valence-corrected chi connectivity index (χ4v) is 7.07. The molecule has 0 aromatic rings. The fourth-order valence-electron chi connectivity index (χ4n) is 7.07. The van der Waals surface area contributed by atoms with Gasteiger partial charge in [-0.3, -0.25) is 9.59 Å². The summed E-state index contributed by atoms with van der Waals surface area (Å²) in [6.07, 6.45) is 40.7. The van der Waals surface area contributed by atoms with Crippen LogP contribution in [0, 0.1) is 0 Å². The first-order valence-electron chi connectivity index (χ1n) is 25.8. The van der Waals surface area contributed by atoms with E-state index in [0.29, 0.717) is 19.3 Å². The van der Waals surface area contributed by atoms with E-state index in [4.69, 9.17) is 28.4 Å². The zero-order valence-corrected chi connectivity index (χ0v) is 42.6. The maximum absolute atomic E-state index is 13.0. The molecule has 2 rings (SSSR count). The van der Waals surface area contributed by atoms with Crippen molar-refractivity contribution in [2.75, 3.05) is 26.4 Å². The molecule has 11 atom stereocenters.